The van der Waals surface area contributed by atoms with Gasteiger partial charge in [0.2, 0.25) is 11.8 Å². The average molecular weight is 313 g/mol. The normalized spacial score (nSPS) is 18.4. The van der Waals surface area contributed by atoms with Crippen molar-refractivity contribution >= 4 is 35.2 Å². The molecule has 1 heterocycles. The molecule has 0 bridgehead atoms. The van der Waals surface area contributed by atoms with Crippen molar-refractivity contribution in [2.75, 3.05) is 26.4 Å². The van der Waals surface area contributed by atoms with Crippen LogP contribution in [0.1, 0.15) is 17.4 Å². The van der Waals surface area contributed by atoms with Gasteiger partial charge < -0.3 is 9.80 Å². The minimum Gasteiger partial charge on any atom is -0.349 e. The molecule has 1 aromatic rings. The summed E-state index contributed by atoms with van der Waals surface area (Å²) in [5, 5.41) is 0.565. The fourth-order valence-corrected chi connectivity index (χ4v) is 3.63. The van der Waals surface area contributed by atoms with Crippen LogP contribution in [0.15, 0.2) is 24.3 Å². The highest BCUT2D eigenvalue weighted by molar-refractivity contribution is 8.00. The van der Waals surface area contributed by atoms with Gasteiger partial charge in [-0.25, -0.2) is 0 Å². The van der Waals surface area contributed by atoms with Gasteiger partial charge in [-0.2, -0.15) is 0 Å². The predicted octanol–water partition coefficient (Wildman–Crippen LogP) is 2.39. The van der Waals surface area contributed by atoms with Gasteiger partial charge in [-0.15, -0.1) is 11.8 Å². The number of benzene rings is 1. The molecule has 0 N–H and O–H groups in total. The summed E-state index contributed by atoms with van der Waals surface area (Å²) in [5.74, 6) is 0.519. The second-order valence-corrected chi connectivity index (χ2v) is 6.29. The molecule has 0 aliphatic carbocycles. The molecule has 4 nitrogen and oxygen atoms in total. The summed E-state index contributed by atoms with van der Waals surface area (Å²) < 4.78 is 0. The summed E-state index contributed by atoms with van der Waals surface area (Å²) in [6.07, 6.45) is 0.334. The molecule has 0 spiro atoms. The third kappa shape index (κ3) is 3.27. The fourth-order valence-electron chi connectivity index (χ4n) is 2.07. The predicted molar refractivity (Wildman–Crippen MR) is 81.7 cm³/mol. The van der Waals surface area contributed by atoms with Gasteiger partial charge in [-0.05, 0) is 6.07 Å². The molecule has 2 amide bonds. The van der Waals surface area contributed by atoms with Crippen LogP contribution in [0.5, 0.6) is 0 Å². The average Bonchev–Trinajstić information content (AvgIpc) is 2.77. The first-order chi connectivity index (χ1) is 9.50. The summed E-state index contributed by atoms with van der Waals surface area (Å²) >= 11 is 7.76. The third-order valence-electron chi connectivity index (χ3n) is 3.20. The van der Waals surface area contributed by atoms with Crippen molar-refractivity contribution in [2.45, 2.75) is 11.8 Å². The lowest BCUT2D eigenvalue weighted by atomic mass is 10.2. The molecule has 1 atom stereocenters. The van der Waals surface area contributed by atoms with Gasteiger partial charge in [0.05, 0.1) is 5.75 Å². The minimum atomic E-state index is -0.0915. The molecule has 1 unspecified atom stereocenters. The van der Waals surface area contributed by atoms with Gasteiger partial charge >= 0.3 is 0 Å². The number of hydrogen-bond donors (Lipinski definition) is 0. The maximum Gasteiger partial charge on any atom is 0.233 e. The molecule has 1 aliphatic heterocycles. The van der Waals surface area contributed by atoms with Crippen LogP contribution >= 0.6 is 23.4 Å². The minimum absolute atomic E-state index is 0.0209. The van der Waals surface area contributed by atoms with E-state index in [0.29, 0.717) is 23.7 Å². The molecule has 20 heavy (non-hydrogen) atoms. The van der Waals surface area contributed by atoms with E-state index in [9.17, 15) is 9.59 Å². The lowest BCUT2D eigenvalue weighted by Crippen LogP contribution is -2.33. The molecular formula is C14H17ClN2O2S. The van der Waals surface area contributed by atoms with Gasteiger partial charge in [0.25, 0.3) is 0 Å². The first-order valence-electron chi connectivity index (χ1n) is 6.36. The first kappa shape index (κ1) is 15.2. The number of thioether (sulfide) groups is 1. The van der Waals surface area contributed by atoms with E-state index < -0.39 is 0 Å². The van der Waals surface area contributed by atoms with Crippen LogP contribution in [0.4, 0.5) is 0 Å². The van der Waals surface area contributed by atoms with E-state index in [1.807, 2.05) is 24.3 Å². The standard InChI is InChI=1S/C14H17ClN2O2S/c1-16(2)12(18)7-8-17-13(19)9-20-14(17)10-5-3-4-6-11(10)15/h3-6,14H,7-9H2,1-2H3. The van der Waals surface area contributed by atoms with E-state index in [0.717, 1.165) is 5.56 Å². The molecule has 1 aromatic carbocycles. The number of hydrogen-bond acceptors (Lipinski definition) is 3. The summed E-state index contributed by atoms with van der Waals surface area (Å²) in [4.78, 5) is 26.9. The summed E-state index contributed by atoms with van der Waals surface area (Å²) in [6, 6.07) is 7.53. The largest absolute Gasteiger partial charge is 0.349 e. The monoisotopic (exact) mass is 312 g/mol. The molecule has 6 heteroatoms. The van der Waals surface area contributed by atoms with Crippen LogP contribution in [0.2, 0.25) is 5.02 Å². The van der Waals surface area contributed by atoms with Gasteiger partial charge in [0.1, 0.15) is 5.37 Å². The Bertz CT molecular complexity index is 522. The van der Waals surface area contributed by atoms with Crippen LogP contribution in [0.25, 0.3) is 0 Å². The molecule has 1 saturated heterocycles. The number of carbonyl (C=O) groups excluding carboxylic acids is 2. The summed E-state index contributed by atoms with van der Waals surface area (Å²) in [6.45, 7) is 0.429. The Hall–Kier alpha value is -1.20. The van der Waals surface area contributed by atoms with E-state index in [4.69, 9.17) is 11.6 Å². The number of carbonyl (C=O) groups is 2. The molecule has 0 saturated carbocycles. The van der Waals surface area contributed by atoms with Crippen molar-refractivity contribution in [1.29, 1.82) is 0 Å². The summed E-state index contributed by atoms with van der Waals surface area (Å²) in [7, 11) is 3.43. The highest BCUT2D eigenvalue weighted by Crippen LogP contribution is 2.41. The van der Waals surface area contributed by atoms with Gasteiger partial charge in [-0.1, -0.05) is 29.8 Å². The molecule has 2 rings (SSSR count). The van der Waals surface area contributed by atoms with Crippen molar-refractivity contribution in [3.63, 3.8) is 0 Å². The van der Waals surface area contributed by atoms with E-state index in [1.54, 1.807) is 30.8 Å². The van der Waals surface area contributed by atoms with Crippen molar-refractivity contribution in [1.82, 2.24) is 9.80 Å². The zero-order valence-corrected chi connectivity index (χ0v) is 13.1. The molecule has 0 aromatic heterocycles. The van der Waals surface area contributed by atoms with Crippen LogP contribution < -0.4 is 0 Å². The Morgan fingerprint density at radius 2 is 2.15 bits per heavy atom. The van der Waals surface area contributed by atoms with E-state index in [2.05, 4.69) is 0 Å². The van der Waals surface area contributed by atoms with Gasteiger partial charge in [0, 0.05) is 37.6 Å². The SMILES string of the molecule is CN(C)C(=O)CCN1C(=O)CSC1c1ccccc1Cl. The lowest BCUT2D eigenvalue weighted by Gasteiger charge is -2.25. The Morgan fingerprint density at radius 3 is 2.80 bits per heavy atom. The van der Waals surface area contributed by atoms with Crippen LogP contribution in [0.3, 0.4) is 0 Å². The topological polar surface area (TPSA) is 40.6 Å². The Labute approximate surface area is 128 Å². The maximum atomic E-state index is 12.0. The first-order valence-corrected chi connectivity index (χ1v) is 7.79. The second-order valence-electron chi connectivity index (χ2n) is 4.81. The number of halogens is 1. The molecular weight excluding hydrogens is 296 g/mol. The highest BCUT2D eigenvalue weighted by atomic mass is 35.5. The maximum absolute atomic E-state index is 12.0. The number of nitrogens with zero attached hydrogens (tertiary/aromatic N) is 2. The van der Waals surface area contributed by atoms with E-state index >= 15 is 0 Å². The number of rotatable bonds is 4. The van der Waals surface area contributed by atoms with E-state index in [-0.39, 0.29) is 17.2 Å². The van der Waals surface area contributed by atoms with Crippen LogP contribution in [-0.4, -0.2) is 48.0 Å². The zero-order chi connectivity index (χ0) is 14.7. The van der Waals surface area contributed by atoms with Crippen molar-refractivity contribution < 1.29 is 9.59 Å². The highest BCUT2D eigenvalue weighted by Gasteiger charge is 2.33. The third-order valence-corrected chi connectivity index (χ3v) is 4.79. The Kier molecular flexibility index (Phi) is 4.94. The molecule has 108 valence electrons. The Morgan fingerprint density at radius 1 is 1.45 bits per heavy atom. The Balaban J connectivity index is 2.11. The zero-order valence-electron chi connectivity index (χ0n) is 11.5. The van der Waals surface area contributed by atoms with Crippen LogP contribution in [0, 0.1) is 0 Å². The quantitative estimate of drug-likeness (QED) is 0.857. The van der Waals surface area contributed by atoms with Crippen molar-refractivity contribution in [2.24, 2.45) is 0 Å². The summed E-state index contributed by atoms with van der Waals surface area (Å²) in [5.41, 5.74) is 0.933. The van der Waals surface area contributed by atoms with E-state index in [1.165, 1.54) is 4.90 Å². The fraction of sp³-hybridized carbons (Fsp3) is 0.429. The molecule has 1 fully saturated rings. The van der Waals surface area contributed by atoms with Crippen molar-refractivity contribution in [3.05, 3.63) is 34.9 Å². The van der Waals surface area contributed by atoms with Gasteiger partial charge in [-0.3, -0.25) is 9.59 Å². The second kappa shape index (κ2) is 6.50. The number of amides is 2. The van der Waals surface area contributed by atoms with Gasteiger partial charge in [0.15, 0.2) is 0 Å². The van der Waals surface area contributed by atoms with Crippen molar-refractivity contribution in [3.8, 4) is 0 Å². The van der Waals surface area contributed by atoms with Crippen LogP contribution in [-0.2, 0) is 9.59 Å². The smallest absolute Gasteiger partial charge is 0.233 e. The molecule has 1 aliphatic rings. The molecule has 0 radical (unpaired) electrons. The lowest BCUT2D eigenvalue weighted by molar-refractivity contribution is -0.131.